The number of allylic oxidation sites excluding steroid dienone is 1. The number of ketones is 1. The van der Waals surface area contributed by atoms with E-state index in [0.29, 0.717) is 35.5 Å². The molecule has 1 saturated carbocycles. The normalized spacial score (nSPS) is 20.1. The lowest BCUT2D eigenvalue weighted by molar-refractivity contribution is -0.137. The van der Waals surface area contributed by atoms with Gasteiger partial charge in [0.1, 0.15) is 11.5 Å². The molecule has 0 saturated heterocycles. The number of benzene rings is 1. The number of carbonyl (C=O) groups is 1. The Hall–Kier alpha value is -4.24. The quantitative estimate of drug-likeness (QED) is 0.194. The van der Waals surface area contributed by atoms with Crippen molar-refractivity contribution in [3.05, 3.63) is 88.9 Å². The molecule has 3 aromatic heterocycles. The molecule has 2 aliphatic rings. The number of rotatable bonds is 8. The molecular formula is C30H29F4N7O3S. The second-order valence-corrected chi connectivity index (χ2v) is 12.9. The molecule has 0 amide bonds. The summed E-state index contributed by atoms with van der Waals surface area (Å²) in [5.74, 6) is -1.04. The lowest BCUT2D eigenvalue weighted by Gasteiger charge is -2.46. The summed E-state index contributed by atoms with van der Waals surface area (Å²) in [5, 5.41) is 12.3. The maximum atomic E-state index is 14.4. The fourth-order valence-electron chi connectivity index (χ4n) is 6.39. The van der Waals surface area contributed by atoms with E-state index in [-0.39, 0.29) is 36.5 Å². The Balaban J connectivity index is 1.44. The molecule has 0 bridgehead atoms. The number of alkyl halides is 3. The van der Waals surface area contributed by atoms with E-state index < -0.39 is 44.8 Å². The highest BCUT2D eigenvalue weighted by Gasteiger charge is 2.52. The molecule has 45 heavy (non-hydrogen) atoms. The van der Waals surface area contributed by atoms with E-state index in [0.717, 1.165) is 18.3 Å². The van der Waals surface area contributed by atoms with Crippen molar-refractivity contribution in [3.63, 3.8) is 0 Å². The average Bonchev–Trinajstić information content (AvgIpc) is 3.67. The standard InChI is InChI=1S/C30H29F4N7O3S/c1-3-39(45(43,44)27-18-36-40(4-2)38-27)24-8-5-20-14-26-19(17-37-41(26)23-9-6-22(31)7-10-23)15-29(20,16-24)28(42)25-13-21(11-12-35-25)30(32,33)34/h6-7,9-14,17-18,24H,3-5,8,15-16H2,1-2H3/t24-,29-/m0/s1. The van der Waals surface area contributed by atoms with Crippen molar-refractivity contribution in [3.8, 4) is 5.69 Å². The Morgan fingerprint density at radius 3 is 2.53 bits per heavy atom. The first-order valence-electron chi connectivity index (χ1n) is 14.4. The van der Waals surface area contributed by atoms with Crippen LogP contribution in [0.25, 0.3) is 11.8 Å². The summed E-state index contributed by atoms with van der Waals surface area (Å²) < 4.78 is 85.0. The van der Waals surface area contributed by atoms with Gasteiger partial charge in [-0.2, -0.15) is 32.5 Å². The zero-order valence-corrected chi connectivity index (χ0v) is 25.2. The highest BCUT2D eigenvalue weighted by atomic mass is 32.2. The van der Waals surface area contributed by atoms with Gasteiger partial charge in [-0.1, -0.05) is 12.5 Å². The van der Waals surface area contributed by atoms with E-state index in [1.165, 1.54) is 27.4 Å². The number of aromatic nitrogens is 6. The molecule has 0 N–H and O–H groups in total. The van der Waals surface area contributed by atoms with Crippen LogP contribution in [-0.4, -0.2) is 60.9 Å². The topological polar surface area (TPSA) is 116 Å². The van der Waals surface area contributed by atoms with Crippen molar-refractivity contribution in [1.82, 2.24) is 34.1 Å². The van der Waals surface area contributed by atoms with E-state index in [1.807, 2.05) is 0 Å². The van der Waals surface area contributed by atoms with Crippen molar-refractivity contribution in [1.29, 1.82) is 0 Å². The van der Waals surface area contributed by atoms with E-state index >= 15 is 0 Å². The van der Waals surface area contributed by atoms with Gasteiger partial charge in [0.2, 0.25) is 5.03 Å². The second-order valence-electron chi connectivity index (χ2n) is 11.1. The third kappa shape index (κ3) is 5.37. The van der Waals surface area contributed by atoms with Gasteiger partial charge in [-0.05, 0) is 80.6 Å². The van der Waals surface area contributed by atoms with Crippen molar-refractivity contribution in [2.75, 3.05) is 6.54 Å². The van der Waals surface area contributed by atoms with Crippen LogP contribution in [-0.2, 0) is 29.2 Å². The first-order valence-corrected chi connectivity index (χ1v) is 15.9. The number of carbonyl (C=O) groups excluding carboxylic acids is 1. The Bertz CT molecular complexity index is 1900. The van der Waals surface area contributed by atoms with Gasteiger partial charge in [0.05, 0.1) is 41.3 Å². The Morgan fingerprint density at radius 2 is 1.87 bits per heavy atom. The van der Waals surface area contributed by atoms with Crippen LogP contribution in [0.1, 0.15) is 60.4 Å². The van der Waals surface area contributed by atoms with Crippen LogP contribution in [0.3, 0.4) is 0 Å². The van der Waals surface area contributed by atoms with Crippen LogP contribution < -0.4 is 0 Å². The fraction of sp³-hybridized carbons (Fsp3) is 0.367. The average molecular weight is 644 g/mol. The molecule has 0 spiro atoms. The molecular weight excluding hydrogens is 614 g/mol. The number of fused-ring (bicyclic) bond motifs is 2. The van der Waals surface area contributed by atoms with Crippen molar-refractivity contribution in [2.24, 2.45) is 5.41 Å². The van der Waals surface area contributed by atoms with E-state index in [4.69, 9.17) is 0 Å². The number of hydrogen-bond acceptors (Lipinski definition) is 7. The van der Waals surface area contributed by atoms with Gasteiger partial charge in [0.25, 0.3) is 10.0 Å². The van der Waals surface area contributed by atoms with Crippen molar-refractivity contribution < 1.29 is 30.8 Å². The number of pyridine rings is 1. The minimum Gasteiger partial charge on any atom is -0.291 e. The first-order chi connectivity index (χ1) is 21.4. The molecule has 0 unspecified atom stereocenters. The van der Waals surface area contributed by atoms with Crippen LogP contribution in [0, 0.1) is 11.2 Å². The number of aryl methyl sites for hydroxylation is 1. The van der Waals surface area contributed by atoms with Gasteiger partial charge >= 0.3 is 6.18 Å². The summed E-state index contributed by atoms with van der Waals surface area (Å²) in [6.07, 6.45) is 1.52. The number of sulfonamides is 1. The first kappa shape index (κ1) is 30.8. The molecule has 3 heterocycles. The maximum Gasteiger partial charge on any atom is 0.416 e. The summed E-state index contributed by atoms with van der Waals surface area (Å²) in [4.78, 5) is 19.7. The Morgan fingerprint density at radius 1 is 1.11 bits per heavy atom. The summed E-state index contributed by atoms with van der Waals surface area (Å²) in [5.41, 5.74) is -0.231. The minimum atomic E-state index is -4.69. The monoisotopic (exact) mass is 643 g/mol. The molecule has 2 aliphatic carbocycles. The van der Waals surface area contributed by atoms with Crippen LogP contribution in [0.4, 0.5) is 17.6 Å². The lowest BCUT2D eigenvalue weighted by atomic mass is 9.60. The SMILES string of the molecule is CCN([C@H]1CCC2=Cc3c(cnn3-c3ccc(F)cc3)C[C@]2(C(=O)c2cc(C(F)(F)F)ccn2)C1)S(=O)(=O)c1cnn(CC)n1. The Kier molecular flexibility index (Phi) is 7.72. The minimum absolute atomic E-state index is 0.00570. The van der Waals surface area contributed by atoms with Gasteiger partial charge in [-0.25, -0.2) is 17.5 Å². The predicted molar refractivity (Wildman–Crippen MR) is 154 cm³/mol. The van der Waals surface area contributed by atoms with Crippen LogP contribution >= 0.6 is 0 Å². The molecule has 236 valence electrons. The van der Waals surface area contributed by atoms with Crippen molar-refractivity contribution in [2.45, 2.75) is 63.3 Å². The number of hydrogen-bond donors (Lipinski definition) is 0. The van der Waals surface area contributed by atoms with E-state index in [1.54, 1.807) is 42.9 Å². The molecule has 4 aromatic rings. The molecule has 1 aromatic carbocycles. The molecule has 0 aliphatic heterocycles. The van der Waals surface area contributed by atoms with Crippen LogP contribution in [0.15, 0.2) is 65.6 Å². The third-order valence-corrected chi connectivity index (χ3v) is 10.4. The molecule has 2 atom stereocenters. The summed E-state index contributed by atoms with van der Waals surface area (Å²) >= 11 is 0. The van der Waals surface area contributed by atoms with Gasteiger partial charge in [-0.15, -0.1) is 5.10 Å². The predicted octanol–water partition coefficient (Wildman–Crippen LogP) is 5.11. The maximum absolute atomic E-state index is 14.4. The zero-order chi connectivity index (χ0) is 32.1. The summed E-state index contributed by atoms with van der Waals surface area (Å²) in [7, 11) is -4.12. The number of halogens is 4. The van der Waals surface area contributed by atoms with Crippen molar-refractivity contribution >= 4 is 21.9 Å². The second kappa shape index (κ2) is 11.3. The molecule has 0 radical (unpaired) electrons. The van der Waals surface area contributed by atoms with Gasteiger partial charge in [-0.3, -0.25) is 9.78 Å². The van der Waals surface area contributed by atoms with E-state index in [9.17, 15) is 30.8 Å². The largest absolute Gasteiger partial charge is 0.416 e. The highest BCUT2D eigenvalue weighted by Crippen LogP contribution is 2.51. The van der Waals surface area contributed by atoms with Gasteiger partial charge in [0.15, 0.2) is 5.78 Å². The molecule has 1 fully saturated rings. The van der Waals surface area contributed by atoms with E-state index in [2.05, 4.69) is 20.3 Å². The van der Waals surface area contributed by atoms with Gasteiger partial charge in [0, 0.05) is 18.8 Å². The molecule has 15 heteroatoms. The third-order valence-electron chi connectivity index (χ3n) is 8.55. The smallest absolute Gasteiger partial charge is 0.291 e. The summed E-state index contributed by atoms with van der Waals surface area (Å²) in [6.45, 7) is 3.90. The Labute approximate surface area is 256 Å². The van der Waals surface area contributed by atoms with Gasteiger partial charge < -0.3 is 0 Å². The zero-order valence-electron chi connectivity index (χ0n) is 24.4. The summed E-state index contributed by atoms with van der Waals surface area (Å²) in [6, 6.07) is 6.61. The van der Waals surface area contributed by atoms with Crippen LogP contribution in [0.2, 0.25) is 0 Å². The number of nitrogens with zero attached hydrogens (tertiary/aromatic N) is 7. The highest BCUT2D eigenvalue weighted by molar-refractivity contribution is 7.89. The molecule has 10 nitrogen and oxygen atoms in total. The number of Topliss-reactive ketones (excluding diaryl/α,β-unsaturated/α-hetero) is 1. The fourth-order valence-corrected chi connectivity index (χ4v) is 7.92. The molecule has 6 rings (SSSR count). The van der Waals surface area contributed by atoms with Crippen LogP contribution in [0.5, 0.6) is 0 Å². The lowest BCUT2D eigenvalue weighted by Crippen LogP contribution is -2.50.